The molecular formula is C12H24O2. The van der Waals surface area contributed by atoms with Gasteiger partial charge in [0.25, 0.3) is 0 Å². The standard InChI is InChI=1S/C12H24O2/c1-4-6-7-8-10-11(9-5-2)12(13)14-3/h11H,4-10H2,1-3H3. The van der Waals surface area contributed by atoms with Gasteiger partial charge in [-0.2, -0.15) is 0 Å². The van der Waals surface area contributed by atoms with Crippen molar-refractivity contribution in [2.24, 2.45) is 5.92 Å². The zero-order chi connectivity index (χ0) is 10.8. The summed E-state index contributed by atoms with van der Waals surface area (Å²) in [7, 11) is 1.48. The number of rotatable bonds is 8. The van der Waals surface area contributed by atoms with Crippen molar-refractivity contribution < 1.29 is 9.53 Å². The molecule has 14 heavy (non-hydrogen) atoms. The van der Waals surface area contributed by atoms with E-state index in [-0.39, 0.29) is 11.9 Å². The smallest absolute Gasteiger partial charge is 0.308 e. The maximum atomic E-state index is 11.3. The van der Waals surface area contributed by atoms with E-state index in [1.165, 1.54) is 26.4 Å². The van der Waals surface area contributed by atoms with Gasteiger partial charge in [-0.25, -0.2) is 0 Å². The lowest BCUT2D eigenvalue weighted by Gasteiger charge is -2.12. The number of hydrogen-bond acceptors (Lipinski definition) is 2. The maximum Gasteiger partial charge on any atom is 0.308 e. The Kier molecular flexibility index (Phi) is 8.70. The number of ether oxygens (including phenoxy) is 1. The van der Waals surface area contributed by atoms with Crippen LogP contribution in [0.5, 0.6) is 0 Å². The Morgan fingerprint density at radius 1 is 1.07 bits per heavy atom. The molecule has 0 amide bonds. The van der Waals surface area contributed by atoms with E-state index in [9.17, 15) is 4.79 Å². The van der Waals surface area contributed by atoms with Crippen LogP contribution in [0.25, 0.3) is 0 Å². The number of carbonyl (C=O) groups excluding carboxylic acids is 1. The third kappa shape index (κ3) is 6.01. The Morgan fingerprint density at radius 3 is 2.29 bits per heavy atom. The van der Waals surface area contributed by atoms with Crippen LogP contribution in [0, 0.1) is 5.92 Å². The number of esters is 1. The lowest BCUT2D eigenvalue weighted by molar-refractivity contribution is -0.146. The minimum absolute atomic E-state index is 0.0247. The highest BCUT2D eigenvalue weighted by Gasteiger charge is 2.16. The van der Waals surface area contributed by atoms with E-state index >= 15 is 0 Å². The van der Waals surface area contributed by atoms with Crippen molar-refractivity contribution in [2.75, 3.05) is 7.11 Å². The second-order valence-electron chi connectivity index (χ2n) is 3.86. The van der Waals surface area contributed by atoms with Gasteiger partial charge in [0.15, 0.2) is 0 Å². The van der Waals surface area contributed by atoms with Gasteiger partial charge in [-0.3, -0.25) is 4.79 Å². The highest BCUT2D eigenvalue weighted by molar-refractivity contribution is 5.72. The van der Waals surface area contributed by atoms with E-state index in [2.05, 4.69) is 13.8 Å². The molecule has 0 radical (unpaired) electrons. The van der Waals surface area contributed by atoms with Gasteiger partial charge in [0, 0.05) is 0 Å². The van der Waals surface area contributed by atoms with E-state index in [0.29, 0.717) is 0 Å². The monoisotopic (exact) mass is 200 g/mol. The number of hydrogen-bond donors (Lipinski definition) is 0. The summed E-state index contributed by atoms with van der Waals surface area (Å²) in [6.45, 7) is 4.31. The summed E-state index contributed by atoms with van der Waals surface area (Å²) in [5, 5.41) is 0. The summed E-state index contributed by atoms with van der Waals surface area (Å²) in [6.07, 6.45) is 7.96. The van der Waals surface area contributed by atoms with E-state index in [0.717, 1.165) is 25.7 Å². The quantitative estimate of drug-likeness (QED) is 0.442. The molecule has 0 spiro atoms. The van der Waals surface area contributed by atoms with Gasteiger partial charge >= 0.3 is 5.97 Å². The first-order valence-corrected chi connectivity index (χ1v) is 5.84. The summed E-state index contributed by atoms with van der Waals surface area (Å²) in [6, 6.07) is 0. The maximum absolute atomic E-state index is 11.3. The Labute approximate surface area is 88.0 Å². The van der Waals surface area contributed by atoms with Crippen LogP contribution in [0.15, 0.2) is 0 Å². The van der Waals surface area contributed by atoms with Crippen molar-refractivity contribution in [3.63, 3.8) is 0 Å². The van der Waals surface area contributed by atoms with Crippen LogP contribution in [0.2, 0.25) is 0 Å². The Morgan fingerprint density at radius 2 is 1.79 bits per heavy atom. The van der Waals surface area contributed by atoms with Crippen LogP contribution in [0.4, 0.5) is 0 Å². The first kappa shape index (κ1) is 13.5. The fourth-order valence-electron chi connectivity index (χ4n) is 1.71. The van der Waals surface area contributed by atoms with Gasteiger partial charge in [0.2, 0.25) is 0 Å². The predicted molar refractivity (Wildman–Crippen MR) is 59.2 cm³/mol. The molecule has 0 N–H and O–H groups in total. The minimum Gasteiger partial charge on any atom is -0.469 e. The van der Waals surface area contributed by atoms with E-state index in [1.54, 1.807) is 0 Å². The summed E-state index contributed by atoms with van der Waals surface area (Å²) < 4.78 is 4.78. The molecule has 2 heteroatoms. The number of carbonyl (C=O) groups is 1. The number of methoxy groups -OCH3 is 1. The molecule has 0 saturated carbocycles. The lowest BCUT2D eigenvalue weighted by atomic mass is 9.96. The van der Waals surface area contributed by atoms with Gasteiger partial charge in [-0.1, -0.05) is 46.0 Å². The van der Waals surface area contributed by atoms with Gasteiger partial charge in [-0.15, -0.1) is 0 Å². The molecule has 1 unspecified atom stereocenters. The zero-order valence-electron chi connectivity index (χ0n) is 9.84. The van der Waals surface area contributed by atoms with Crippen molar-refractivity contribution in [3.8, 4) is 0 Å². The van der Waals surface area contributed by atoms with Crippen LogP contribution in [0.3, 0.4) is 0 Å². The molecule has 84 valence electrons. The SMILES string of the molecule is CCCCCCC(CCC)C(=O)OC. The summed E-state index contributed by atoms with van der Waals surface area (Å²) in [5.74, 6) is 0.116. The molecule has 0 aromatic rings. The average molecular weight is 200 g/mol. The minimum atomic E-state index is -0.0247. The molecule has 0 fully saturated rings. The molecule has 0 saturated heterocycles. The van der Waals surface area contributed by atoms with E-state index in [1.807, 2.05) is 0 Å². The molecule has 0 aromatic heterocycles. The van der Waals surface area contributed by atoms with Crippen LogP contribution < -0.4 is 0 Å². The van der Waals surface area contributed by atoms with Crippen molar-refractivity contribution in [3.05, 3.63) is 0 Å². The number of unbranched alkanes of at least 4 members (excludes halogenated alkanes) is 3. The molecule has 0 aromatic carbocycles. The predicted octanol–water partition coefficient (Wildman–Crippen LogP) is 3.55. The fourth-order valence-corrected chi connectivity index (χ4v) is 1.71. The van der Waals surface area contributed by atoms with E-state index in [4.69, 9.17) is 4.74 Å². The third-order valence-corrected chi connectivity index (χ3v) is 2.58. The average Bonchev–Trinajstić information content (AvgIpc) is 2.21. The first-order valence-electron chi connectivity index (χ1n) is 5.84. The summed E-state index contributed by atoms with van der Waals surface area (Å²) in [4.78, 5) is 11.3. The molecule has 0 heterocycles. The molecule has 0 bridgehead atoms. The second kappa shape index (κ2) is 9.04. The van der Waals surface area contributed by atoms with Crippen molar-refractivity contribution in [2.45, 2.75) is 58.8 Å². The lowest BCUT2D eigenvalue weighted by Crippen LogP contribution is -2.15. The molecule has 0 aliphatic rings. The molecule has 0 rings (SSSR count). The molecule has 2 nitrogen and oxygen atoms in total. The van der Waals surface area contributed by atoms with Crippen LogP contribution in [-0.2, 0) is 9.53 Å². The van der Waals surface area contributed by atoms with Gasteiger partial charge in [0.05, 0.1) is 13.0 Å². The Balaban J connectivity index is 3.67. The molecular weight excluding hydrogens is 176 g/mol. The first-order chi connectivity index (χ1) is 6.76. The van der Waals surface area contributed by atoms with Crippen molar-refractivity contribution in [1.82, 2.24) is 0 Å². The second-order valence-corrected chi connectivity index (χ2v) is 3.86. The fraction of sp³-hybridized carbons (Fsp3) is 0.917. The zero-order valence-corrected chi connectivity index (χ0v) is 9.84. The summed E-state index contributed by atoms with van der Waals surface area (Å²) in [5.41, 5.74) is 0. The molecule has 0 aliphatic heterocycles. The Hall–Kier alpha value is -0.530. The van der Waals surface area contributed by atoms with Crippen molar-refractivity contribution >= 4 is 5.97 Å². The largest absolute Gasteiger partial charge is 0.469 e. The third-order valence-electron chi connectivity index (χ3n) is 2.58. The highest BCUT2D eigenvalue weighted by Crippen LogP contribution is 2.17. The van der Waals surface area contributed by atoms with Crippen LogP contribution in [0.1, 0.15) is 58.8 Å². The summed E-state index contributed by atoms with van der Waals surface area (Å²) >= 11 is 0. The van der Waals surface area contributed by atoms with Gasteiger partial charge < -0.3 is 4.74 Å². The van der Waals surface area contributed by atoms with Gasteiger partial charge in [0.1, 0.15) is 0 Å². The normalized spacial score (nSPS) is 12.5. The molecule has 1 atom stereocenters. The molecule has 0 aliphatic carbocycles. The topological polar surface area (TPSA) is 26.3 Å². The van der Waals surface area contributed by atoms with E-state index < -0.39 is 0 Å². The highest BCUT2D eigenvalue weighted by atomic mass is 16.5. The Bertz CT molecular complexity index is 143. The van der Waals surface area contributed by atoms with Crippen molar-refractivity contribution in [1.29, 1.82) is 0 Å². The van der Waals surface area contributed by atoms with Gasteiger partial charge in [-0.05, 0) is 12.8 Å². The van der Waals surface area contributed by atoms with Crippen LogP contribution in [-0.4, -0.2) is 13.1 Å². The van der Waals surface area contributed by atoms with Crippen LogP contribution >= 0.6 is 0 Å².